The number of benzene rings is 1. The van der Waals surface area contributed by atoms with Crippen LogP contribution >= 0.6 is 0 Å². The molecule has 124 valence electrons. The molecular formula is C17H17FN4O2. The van der Waals surface area contributed by atoms with E-state index in [0.29, 0.717) is 24.6 Å². The second-order valence-corrected chi connectivity index (χ2v) is 5.61. The van der Waals surface area contributed by atoms with Crippen molar-refractivity contribution in [2.75, 3.05) is 29.9 Å². The molecule has 1 aromatic heterocycles. The van der Waals surface area contributed by atoms with Crippen LogP contribution in [0, 0.1) is 12.7 Å². The second kappa shape index (κ2) is 6.66. The molecule has 24 heavy (non-hydrogen) atoms. The number of anilines is 2. The van der Waals surface area contributed by atoms with E-state index in [1.54, 1.807) is 25.1 Å². The number of nitrogens with one attached hydrogen (secondary N) is 2. The highest BCUT2D eigenvalue weighted by atomic mass is 19.1. The van der Waals surface area contributed by atoms with Crippen LogP contribution in [0.15, 0.2) is 36.5 Å². The number of pyridine rings is 1. The number of hydrogen-bond acceptors (Lipinski definition) is 4. The van der Waals surface area contributed by atoms with Crippen molar-refractivity contribution in [3.05, 3.63) is 53.5 Å². The summed E-state index contributed by atoms with van der Waals surface area (Å²) in [7, 11) is 0. The van der Waals surface area contributed by atoms with Crippen LogP contribution in [0.1, 0.15) is 15.9 Å². The first-order valence-electron chi connectivity index (χ1n) is 7.58. The zero-order valence-corrected chi connectivity index (χ0v) is 13.2. The Morgan fingerprint density at radius 2 is 2.17 bits per heavy atom. The van der Waals surface area contributed by atoms with Crippen LogP contribution < -0.4 is 15.5 Å². The summed E-state index contributed by atoms with van der Waals surface area (Å²) in [5.74, 6) is -0.481. The zero-order chi connectivity index (χ0) is 17.1. The Labute approximate surface area is 138 Å². The fourth-order valence-corrected chi connectivity index (χ4v) is 2.49. The summed E-state index contributed by atoms with van der Waals surface area (Å²) in [4.78, 5) is 29.7. The highest BCUT2D eigenvalue weighted by Crippen LogP contribution is 2.17. The predicted molar refractivity (Wildman–Crippen MR) is 88.5 cm³/mol. The number of halogens is 1. The molecule has 6 nitrogen and oxygen atoms in total. The minimum atomic E-state index is -0.568. The SMILES string of the molecule is Cc1ccc(F)c(C(=O)Nc2ccc(N3CCNC(=O)C3)nc2)c1. The third-order valence-corrected chi connectivity index (χ3v) is 3.73. The number of aryl methyl sites for hydroxylation is 1. The Bertz CT molecular complexity index is 777. The van der Waals surface area contributed by atoms with Crippen LogP contribution in [-0.4, -0.2) is 36.4 Å². The Morgan fingerprint density at radius 1 is 1.33 bits per heavy atom. The summed E-state index contributed by atoms with van der Waals surface area (Å²) in [6.07, 6.45) is 1.49. The minimum Gasteiger partial charge on any atom is -0.353 e. The molecule has 2 aromatic rings. The number of nitrogens with zero attached hydrogens (tertiary/aromatic N) is 2. The Kier molecular flexibility index (Phi) is 4.41. The molecule has 0 unspecified atom stereocenters. The molecule has 1 aromatic carbocycles. The monoisotopic (exact) mass is 328 g/mol. The first-order valence-corrected chi connectivity index (χ1v) is 7.58. The normalized spacial score (nSPS) is 14.2. The fourth-order valence-electron chi connectivity index (χ4n) is 2.49. The Morgan fingerprint density at radius 3 is 2.88 bits per heavy atom. The highest BCUT2D eigenvalue weighted by Gasteiger charge is 2.17. The molecule has 1 fully saturated rings. The van der Waals surface area contributed by atoms with E-state index < -0.39 is 11.7 Å². The van der Waals surface area contributed by atoms with Crippen LogP contribution in [0.4, 0.5) is 15.9 Å². The zero-order valence-electron chi connectivity index (χ0n) is 13.2. The van der Waals surface area contributed by atoms with E-state index in [9.17, 15) is 14.0 Å². The molecule has 0 bridgehead atoms. The van der Waals surface area contributed by atoms with Gasteiger partial charge in [-0.1, -0.05) is 11.6 Å². The maximum Gasteiger partial charge on any atom is 0.258 e. The third-order valence-electron chi connectivity index (χ3n) is 3.73. The average molecular weight is 328 g/mol. The molecule has 0 spiro atoms. The van der Waals surface area contributed by atoms with Gasteiger partial charge in [0.1, 0.15) is 11.6 Å². The van der Waals surface area contributed by atoms with Crippen molar-refractivity contribution in [3.63, 3.8) is 0 Å². The lowest BCUT2D eigenvalue weighted by Crippen LogP contribution is -2.48. The summed E-state index contributed by atoms with van der Waals surface area (Å²) in [6.45, 7) is 3.30. The van der Waals surface area contributed by atoms with Gasteiger partial charge in [-0.05, 0) is 31.2 Å². The maximum absolute atomic E-state index is 13.7. The number of amides is 2. The van der Waals surface area contributed by atoms with Crippen LogP contribution in [-0.2, 0) is 4.79 Å². The first-order chi connectivity index (χ1) is 11.5. The van der Waals surface area contributed by atoms with Gasteiger partial charge in [-0.2, -0.15) is 0 Å². The largest absolute Gasteiger partial charge is 0.353 e. The standard InChI is InChI=1S/C17H17FN4O2/c1-11-2-4-14(18)13(8-11)17(24)21-12-3-5-15(20-9-12)22-7-6-19-16(23)10-22/h2-5,8-9H,6-7,10H2,1H3,(H,19,23)(H,21,24). The van der Waals surface area contributed by atoms with Gasteiger partial charge in [-0.3, -0.25) is 9.59 Å². The average Bonchev–Trinajstić information content (AvgIpc) is 2.57. The van der Waals surface area contributed by atoms with Gasteiger partial charge in [0.15, 0.2) is 0 Å². The van der Waals surface area contributed by atoms with Crippen LogP contribution in [0.3, 0.4) is 0 Å². The maximum atomic E-state index is 13.7. The van der Waals surface area contributed by atoms with Crippen molar-refractivity contribution in [1.82, 2.24) is 10.3 Å². The highest BCUT2D eigenvalue weighted by molar-refractivity contribution is 6.04. The van der Waals surface area contributed by atoms with Crippen molar-refractivity contribution >= 4 is 23.3 Å². The van der Waals surface area contributed by atoms with Crippen molar-refractivity contribution in [3.8, 4) is 0 Å². The molecule has 2 amide bonds. The minimum absolute atomic E-state index is 0.00761. The molecular weight excluding hydrogens is 311 g/mol. The molecule has 2 N–H and O–H groups in total. The number of piperazine rings is 1. The van der Waals surface area contributed by atoms with Gasteiger partial charge in [0, 0.05) is 13.1 Å². The van der Waals surface area contributed by atoms with Crippen molar-refractivity contribution in [1.29, 1.82) is 0 Å². The van der Waals surface area contributed by atoms with Crippen LogP contribution in [0.25, 0.3) is 0 Å². The van der Waals surface area contributed by atoms with Gasteiger partial charge in [-0.15, -0.1) is 0 Å². The molecule has 1 saturated heterocycles. The molecule has 2 heterocycles. The number of hydrogen-bond donors (Lipinski definition) is 2. The quantitative estimate of drug-likeness (QED) is 0.900. The predicted octanol–water partition coefficient (Wildman–Crippen LogP) is 1.72. The number of rotatable bonds is 3. The van der Waals surface area contributed by atoms with Crippen molar-refractivity contribution in [2.45, 2.75) is 6.92 Å². The fraction of sp³-hybridized carbons (Fsp3) is 0.235. The van der Waals surface area contributed by atoms with Gasteiger partial charge in [-0.25, -0.2) is 9.37 Å². The Hall–Kier alpha value is -2.96. The lowest BCUT2D eigenvalue weighted by Gasteiger charge is -2.27. The molecule has 1 aliphatic rings. The molecule has 3 rings (SSSR count). The van der Waals surface area contributed by atoms with E-state index in [1.807, 2.05) is 4.90 Å². The second-order valence-electron chi connectivity index (χ2n) is 5.61. The van der Waals surface area contributed by atoms with E-state index in [-0.39, 0.29) is 18.0 Å². The summed E-state index contributed by atoms with van der Waals surface area (Å²) < 4.78 is 13.7. The molecule has 0 saturated carbocycles. The lowest BCUT2D eigenvalue weighted by atomic mass is 10.1. The van der Waals surface area contributed by atoms with E-state index >= 15 is 0 Å². The van der Waals surface area contributed by atoms with Crippen LogP contribution in [0.5, 0.6) is 0 Å². The van der Waals surface area contributed by atoms with E-state index in [2.05, 4.69) is 15.6 Å². The molecule has 1 aliphatic heterocycles. The molecule has 0 atom stereocenters. The number of carbonyl (C=O) groups excluding carboxylic acids is 2. The number of aromatic nitrogens is 1. The summed E-state index contributed by atoms with van der Waals surface area (Å²) in [6, 6.07) is 7.78. The topological polar surface area (TPSA) is 74.3 Å². The van der Waals surface area contributed by atoms with E-state index in [4.69, 9.17) is 0 Å². The molecule has 0 aliphatic carbocycles. The van der Waals surface area contributed by atoms with Crippen LogP contribution in [0.2, 0.25) is 0 Å². The van der Waals surface area contributed by atoms with E-state index in [0.717, 1.165) is 5.56 Å². The summed E-state index contributed by atoms with van der Waals surface area (Å²) >= 11 is 0. The van der Waals surface area contributed by atoms with Gasteiger partial charge in [0.25, 0.3) is 5.91 Å². The Balaban J connectivity index is 1.71. The summed E-state index contributed by atoms with van der Waals surface area (Å²) in [5, 5.41) is 5.37. The smallest absolute Gasteiger partial charge is 0.258 e. The molecule has 0 radical (unpaired) electrons. The van der Waals surface area contributed by atoms with Gasteiger partial charge in [0.2, 0.25) is 5.91 Å². The molecule has 7 heteroatoms. The van der Waals surface area contributed by atoms with Gasteiger partial charge >= 0.3 is 0 Å². The van der Waals surface area contributed by atoms with E-state index in [1.165, 1.54) is 18.3 Å². The summed E-state index contributed by atoms with van der Waals surface area (Å²) in [5.41, 5.74) is 1.26. The first kappa shape index (κ1) is 15.9. The lowest BCUT2D eigenvalue weighted by molar-refractivity contribution is -0.120. The van der Waals surface area contributed by atoms with Gasteiger partial charge < -0.3 is 15.5 Å². The third kappa shape index (κ3) is 3.51. The van der Waals surface area contributed by atoms with Gasteiger partial charge in [0.05, 0.1) is 24.0 Å². The van der Waals surface area contributed by atoms with Crippen molar-refractivity contribution in [2.24, 2.45) is 0 Å². The number of carbonyl (C=O) groups is 2. The van der Waals surface area contributed by atoms with Crippen molar-refractivity contribution < 1.29 is 14.0 Å².